The minimum atomic E-state index is -3.98. The third-order valence-electron chi connectivity index (χ3n) is 7.21. The zero-order valence-corrected chi connectivity index (χ0v) is 21.6. The summed E-state index contributed by atoms with van der Waals surface area (Å²) < 4.78 is 34.0. The fourth-order valence-electron chi connectivity index (χ4n) is 5.50. The van der Waals surface area contributed by atoms with Crippen molar-refractivity contribution in [1.29, 1.82) is 0 Å². The molecular formula is C28H35N2O3S+. The number of hydrogen-bond donors (Lipinski definition) is 1. The summed E-state index contributed by atoms with van der Waals surface area (Å²) in [5.41, 5.74) is 6.99. The summed E-state index contributed by atoms with van der Waals surface area (Å²) in [6.07, 6.45) is 6.86. The average molecular weight is 480 g/mol. The fraction of sp³-hybridized carbons (Fsp3) is 0.393. The monoisotopic (exact) mass is 479 g/mol. The largest absolute Gasteiger partial charge is 0.344 e. The molecule has 2 heterocycles. The van der Waals surface area contributed by atoms with Gasteiger partial charge in [-0.15, -0.1) is 0 Å². The fourth-order valence-corrected chi connectivity index (χ4v) is 5.99. The Balaban J connectivity index is 1.72. The third-order valence-corrected chi connectivity index (χ3v) is 8.01. The summed E-state index contributed by atoms with van der Waals surface area (Å²) in [5, 5.41) is 0. The number of anilines is 1. The highest BCUT2D eigenvalue weighted by atomic mass is 32.2. The Hall–Kier alpha value is -2.70. The van der Waals surface area contributed by atoms with Crippen LogP contribution in [0.25, 0.3) is 0 Å². The van der Waals surface area contributed by atoms with Crippen LogP contribution >= 0.6 is 0 Å². The molecule has 2 aliphatic rings. The van der Waals surface area contributed by atoms with Gasteiger partial charge in [-0.2, -0.15) is 13.0 Å². The van der Waals surface area contributed by atoms with Crippen LogP contribution in [0.3, 0.4) is 0 Å². The Morgan fingerprint density at radius 3 is 2.29 bits per heavy atom. The van der Waals surface area contributed by atoms with E-state index in [1.54, 1.807) is 0 Å². The molecule has 0 unspecified atom stereocenters. The van der Waals surface area contributed by atoms with Gasteiger partial charge in [0.25, 0.3) is 10.1 Å². The maximum absolute atomic E-state index is 11.3. The van der Waals surface area contributed by atoms with Crippen molar-refractivity contribution in [2.75, 3.05) is 23.7 Å². The van der Waals surface area contributed by atoms with Gasteiger partial charge < -0.3 is 4.90 Å². The minimum Gasteiger partial charge on any atom is -0.344 e. The van der Waals surface area contributed by atoms with Crippen molar-refractivity contribution in [3.63, 3.8) is 0 Å². The van der Waals surface area contributed by atoms with Gasteiger partial charge in [-0.25, -0.2) is 0 Å². The van der Waals surface area contributed by atoms with Crippen LogP contribution in [0.15, 0.2) is 72.5 Å². The van der Waals surface area contributed by atoms with Gasteiger partial charge in [-0.05, 0) is 38.5 Å². The number of fused-ring (bicyclic) bond motifs is 2. The smallest absolute Gasteiger partial charge is 0.265 e. The second-order valence-electron chi connectivity index (χ2n) is 10.1. The van der Waals surface area contributed by atoms with Crippen LogP contribution in [0.4, 0.5) is 11.4 Å². The third kappa shape index (κ3) is 4.25. The molecule has 2 aromatic carbocycles. The van der Waals surface area contributed by atoms with Gasteiger partial charge >= 0.3 is 0 Å². The van der Waals surface area contributed by atoms with Gasteiger partial charge in [0.15, 0.2) is 5.71 Å². The summed E-state index contributed by atoms with van der Waals surface area (Å²) in [4.78, 5) is 2.38. The Bertz CT molecular complexity index is 1300. The van der Waals surface area contributed by atoms with Crippen molar-refractivity contribution in [2.24, 2.45) is 0 Å². The van der Waals surface area contributed by atoms with Gasteiger partial charge in [0.2, 0.25) is 5.69 Å². The molecule has 0 fully saturated rings. The van der Waals surface area contributed by atoms with Crippen molar-refractivity contribution in [3.05, 3.63) is 83.6 Å². The van der Waals surface area contributed by atoms with Crippen molar-refractivity contribution in [3.8, 4) is 0 Å². The number of hydrogen-bond acceptors (Lipinski definition) is 3. The molecule has 0 saturated carbocycles. The number of rotatable bonds is 7. The highest BCUT2D eigenvalue weighted by Gasteiger charge is 2.44. The lowest BCUT2D eigenvalue weighted by Crippen LogP contribution is -2.28. The Morgan fingerprint density at radius 2 is 1.62 bits per heavy atom. The average Bonchev–Trinajstić information content (AvgIpc) is 3.13. The predicted molar refractivity (Wildman–Crippen MR) is 140 cm³/mol. The molecular weight excluding hydrogens is 444 g/mol. The summed E-state index contributed by atoms with van der Waals surface area (Å²) in [5.74, 6) is -0.245. The van der Waals surface area contributed by atoms with E-state index in [-0.39, 0.29) is 16.6 Å². The molecule has 6 heteroatoms. The van der Waals surface area contributed by atoms with Gasteiger partial charge in [-0.3, -0.25) is 4.55 Å². The zero-order chi connectivity index (χ0) is 24.7. The first kappa shape index (κ1) is 24.4. The quantitative estimate of drug-likeness (QED) is 0.415. The van der Waals surface area contributed by atoms with Crippen molar-refractivity contribution in [1.82, 2.24) is 0 Å². The van der Waals surface area contributed by atoms with Crippen molar-refractivity contribution < 1.29 is 17.5 Å². The highest BCUT2D eigenvalue weighted by Crippen LogP contribution is 2.47. The molecule has 2 aliphatic heterocycles. The highest BCUT2D eigenvalue weighted by molar-refractivity contribution is 7.85. The first-order valence-corrected chi connectivity index (χ1v) is 13.5. The summed E-state index contributed by atoms with van der Waals surface area (Å²) >= 11 is 0. The van der Waals surface area contributed by atoms with Crippen LogP contribution in [-0.2, 0) is 20.9 Å². The van der Waals surface area contributed by atoms with E-state index in [4.69, 9.17) is 0 Å². The van der Waals surface area contributed by atoms with E-state index in [2.05, 4.69) is 98.7 Å². The Kier molecular flexibility index (Phi) is 6.34. The van der Waals surface area contributed by atoms with Gasteiger partial charge in [0.1, 0.15) is 6.54 Å². The Labute approximate surface area is 203 Å². The van der Waals surface area contributed by atoms with Crippen LogP contribution in [0.5, 0.6) is 0 Å². The first-order chi connectivity index (χ1) is 16.0. The van der Waals surface area contributed by atoms with Crippen molar-refractivity contribution in [2.45, 2.75) is 51.9 Å². The van der Waals surface area contributed by atoms with E-state index in [1.807, 2.05) is 12.1 Å². The molecule has 2 aromatic rings. The van der Waals surface area contributed by atoms with E-state index < -0.39 is 10.1 Å². The molecule has 34 heavy (non-hydrogen) atoms. The topological polar surface area (TPSA) is 60.6 Å². The van der Waals surface area contributed by atoms with Gasteiger partial charge in [-0.1, -0.05) is 56.3 Å². The Morgan fingerprint density at radius 1 is 0.971 bits per heavy atom. The summed E-state index contributed by atoms with van der Waals surface area (Å²) in [6, 6.07) is 16.9. The van der Waals surface area contributed by atoms with Crippen LogP contribution in [0, 0.1) is 0 Å². The van der Waals surface area contributed by atoms with E-state index in [0.717, 1.165) is 17.9 Å². The van der Waals surface area contributed by atoms with E-state index in [1.165, 1.54) is 22.5 Å². The molecule has 0 spiro atoms. The molecule has 0 aromatic heterocycles. The standard InChI is InChI=1S/C28H34N2O3S/c1-6-29-23-15-9-7-13-21(23)27(2,3)25(29)17-11-18-26-28(4,5)22-14-8-10-16-24(22)30(26)19-12-20-34(31,32)33/h7-11,13-18H,6,12,19-20H2,1-5H3/p+1. The van der Waals surface area contributed by atoms with Gasteiger partial charge in [0.05, 0.1) is 11.2 Å². The van der Waals surface area contributed by atoms with Crippen LogP contribution in [0.1, 0.15) is 52.2 Å². The minimum absolute atomic E-state index is 0.0923. The van der Waals surface area contributed by atoms with Crippen LogP contribution in [-0.4, -0.2) is 42.1 Å². The number of nitrogens with zero attached hydrogens (tertiary/aromatic N) is 2. The van der Waals surface area contributed by atoms with E-state index >= 15 is 0 Å². The number of allylic oxidation sites excluding steroid dienone is 4. The molecule has 180 valence electrons. The normalized spacial score (nSPS) is 19.8. The van der Waals surface area contributed by atoms with E-state index in [9.17, 15) is 13.0 Å². The van der Waals surface area contributed by atoms with Crippen LogP contribution < -0.4 is 4.90 Å². The SMILES string of the molecule is CCN1/C(=C/C=C/C2=[N+](CCCS(=O)(=O)O)c3ccccc3C2(C)C)C(C)(C)c2ccccc21. The second kappa shape index (κ2) is 8.82. The maximum atomic E-state index is 11.3. The number of likely N-dealkylation sites (N-methyl/N-ethyl adjacent to an activating group) is 1. The summed E-state index contributed by atoms with van der Waals surface area (Å²) in [7, 11) is -3.98. The molecule has 0 radical (unpaired) electrons. The maximum Gasteiger partial charge on any atom is 0.265 e. The van der Waals surface area contributed by atoms with Crippen molar-refractivity contribution >= 4 is 27.2 Å². The molecule has 5 nitrogen and oxygen atoms in total. The molecule has 0 saturated heterocycles. The zero-order valence-electron chi connectivity index (χ0n) is 20.7. The molecule has 4 rings (SSSR count). The molecule has 0 amide bonds. The first-order valence-electron chi connectivity index (χ1n) is 11.9. The lowest BCUT2D eigenvalue weighted by atomic mass is 9.81. The van der Waals surface area contributed by atoms with E-state index in [0.29, 0.717) is 13.0 Å². The number of benzene rings is 2. The second-order valence-corrected chi connectivity index (χ2v) is 11.7. The lowest BCUT2D eigenvalue weighted by Gasteiger charge is -2.25. The molecule has 0 atom stereocenters. The molecule has 0 bridgehead atoms. The summed E-state index contributed by atoms with van der Waals surface area (Å²) in [6.45, 7) is 12.5. The molecule has 0 aliphatic carbocycles. The van der Waals surface area contributed by atoms with Crippen LogP contribution in [0.2, 0.25) is 0 Å². The lowest BCUT2D eigenvalue weighted by molar-refractivity contribution is -0.437. The molecule has 1 N–H and O–H groups in total. The predicted octanol–water partition coefficient (Wildman–Crippen LogP) is 5.60. The van der Waals surface area contributed by atoms with Gasteiger partial charge in [0, 0.05) is 47.5 Å². The number of para-hydroxylation sites is 2.